The average Bonchev–Trinajstić information content (AvgIpc) is 3.47. The Morgan fingerprint density at radius 1 is 1.06 bits per heavy atom. The number of urea groups is 1. The van der Waals surface area contributed by atoms with Gasteiger partial charge in [0.15, 0.2) is 0 Å². The van der Waals surface area contributed by atoms with Crippen LogP contribution >= 0.6 is 0 Å². The van der Waals surface area contributed by atoms with Crippen LogP contribution in [0.1, 0.15) is 73.6 Å². The molecule has 2 unspecified atom stereocenters. The van der Waals surface area contributed by atoms with Crippen molar-refractivity contribution in [2.24, 2.45) is 10.8 Å². The number of carbonyl (C=O) groups is 5. The van der Waals surface area contributed by atoms with Crippen LogP contribution in [0.25, 0.3) is 5.32 Å². The smallest absolute Gasteiger partial charge is 0.389 e. The molecule has 0 bridgehead atoms. The summed E-state index contributed by atoms with van der Waals surface area (Å²) in [5.74, 6) is -3.57. The lowest BCUT2D eigenvalue weighted by atomic mass is 9.85. The predicted molar refractivity (Wildman–Crippen MR) is 179 cm³/mol. The quantitative estimate of drug-likeness (QED) is 0.0621. The average molecular weight is 725 g/mol. The molecule has 5 amide bonds. The van der Waals surface area contributed by atoms with Crippen molar-refractivity contribution in [2.45, 2.75) is 104 Å². The molecule has 0 saturated carbocycles. The fourth-order valence-corrected chi connectivity index (χ4v) is 5.19. The first-order valence-electron chi connectivity index (χ1n) is 16.1. The molecule has 0 aromatic heterocycles. The van der Waals surface area contributed by atoms with Gasteiger partial charge >= 0.3 is 12.2 Å². The summed E-state index contributed by atoms with van der Waals surface area (Å²) in [6.45, 7) is 15.1. The molecule has 49 heavy (non-hydrogen) atoms. The van der Waals surface area contributed by atoms with Gasteiger partial charge < -0.3 is 31.5 Å². The first kappa shape index (κ1) is 43.9. The molecule has 0 aromatic carbocycles. The molecule has 1 heterocycles. The monoisotopic (exact) mass is 724 g/mol. The molecule has 0 radical (unpaired) electrons. The Kier molecular flexibility index (Phi) is 17.3. The molecule has 1 aliphatic rings. The molecule has 0 aliphatic carbocycles. The third-order valence-electron chi connectivity index (χ3n) is 7.95. The van der Waals surface area contributed by atoms with Crippen molar-refractivity contribution >= 4 is 40.8 Å². The lowest BCUT2D eigenvalue weighted by Crippen LogP contribution is -2.61. The van der Waals surface area contributed by atoms with Gasteiger partial charge in [-0.05, 0) is 43.1 Å². The number of amides is 5. The summed E-state index contributed by atoms with van der Waals surface area (Å²) >= 11 is -2.13. The number of nitrogens with one attached hydrogen (secondary N) is 4. The number of nitrogens with zero attached hydrogens (tertiary/aromatic N) is 3. The SMILES string of the molecule is C=CCNC(=O)C(=O)C(CCCC(F)(F)F)NC(=O)[C@@H]1CCCN1C(=O)[C@@H](NC(=O)N[C@H](C[N-]CCN(C)S(=O)O)C(C)(C)C)C(C)(C)C. The van der Waals surface area contributed by atoms with Gasteiger partial charge in [-0.15, -0.1) is 19.7 Å². The maximum atomic E-state index is 14.0. The minimum absolute atomic E-state index is 0.0653. The summed E-state index contributed by atoms with van der Waals surface area (Å²) in [7, 11) is 1.47. The third-order valence-corrected chi connectivity index (χ3v) is 8.66. The Hall–Kier alpha value is -3.09. The van der Waals surface area contributed by atoms with E-state index < -0.39 is 101 Å². The Morgan fingerprint density at radius 2 is 1.69 bits per heavy atom. The molecule has 0 spiro atoms. The van der Waals surface area contributed by atoms with Gasteiger partial charge in [-0.1, -0.05) is 47.6 Å². The molecule has 5 atom stereocenters. The van der Waals surface area contributed by atoms with Gasteiger partial charge in [0.05, 0.1) is 6.04 Å². The van der Waals surface area contributed by atoms with Crippen molar-refractivity contribution in [1.29, 1.82) is 0 Å². The van der Waals surface area contributed by atoms with Gasteiger partial charge in [0, 0.05) is 32.6 Å². The fraction of sp³-hybridized carbons (Fsp3) is 0.774. The second kappa shape index (κ2) is 19.3. The molecule has 5 N–H and O–H groups in total. The first-order valence-corrected chi connectivity index (χ1v) is 17.2. The summed E-state index contributed by atoms with van der Waals surface area (Å²) in [6, 6.07) is -4.89. The number of hydrogen-bond acceptors (Lipinski definition) is 6. The highest BCUT2D eigenvalue weighted by atomic mass is 32.2. The van der Waals surface area contributed by atoms with Crippen molar-refractivity contribution < 1.29 is 45.9 Å². The summed E-state index contributed by atoms with van der Waals surface area (Å²) in [5, 5.41) is 14.7. The van der Waals surface area contributed by atoms with Crippen LogP contribution in [0.15, 0.2) is 12.7 Å². The van der Waals surface area contributed by atoms with Gasteiger partial charge in [0.1, 0.15) is 12.1 Å². The van der Waals surface area contributed by atoms with E-state index in [1.54, 1.807) is 20.8 Å². The maximum Gasteiger partial charge on any atom is 0.389 e. The lowest BCUT2D eigenvalue weighted by molar-refractivity contribution is -0.144. The zero-order valence-corrected chi connectivity index (χ0v) is 30.3. The Morgan fingerprint density at radius 3 is 2.22 bits per heavy atom. The van der Waals surface area contributed by atoms with Crippen molar-refractivity contribution in [2.75, 3.05) is 39.8 Å². The summed E-state index contributed by atoms with van der Waals surface area (Å²) < 4.78 is 59.9. The van der Waals surface area contributed by atoms with E-state index in [2.05, 4.69) is 33.2 Å². The summed E-state index contributed by atoms with van der Waals surface area (Å²) in [5.41, 5.74) is -1.29. The van der Waals surface area contributed by atoms with Gasteiger partial charge in [0.25, 0.3) is 5.91 Å². The molecular formula is C31H53F3N7O7S-. The summed E-state index contributed by atoms with van der Waals surface area (Å²) in [6.07, 6.45) is -4.77. The second-order valence-electron chi connectivity index (χ2n) is 14.2. The standard InChI is InChI=1S/C31H53F3N7O7S/c1-9-15-36-26(44)23(42)20(12-10-14-31(32,33)34)37-25(43)21-13-11-17-41(21)27(45)24(30(5,6)7)39-28(46)38-22(29(2,3)4)19-35-16-18-40(8)49(47)48/h9,20-22,24H,1,10-19H2,2-8H3,(H,36,44)(H,37,43)(H,47,48)(H2,38,39,46)/q-1/t20?,21-,22+,24+/m0/s1. The van der Waals surface area contributed by atoms with Crippen LogP contribution in [0.5, 0.6) is 0 Å². The van der Waals surface area contributed by atoms with Crippen molar-refractivity contribution in [3.8, 4) is 0 Å². The molecule has 1 rings (SSSR count). The van der Waals surface area contributed by atoms with E-state index in [9.17, 15) is 41.4 Å². The molecule has 0 aromatic rings. The zero-order valence-electron chi connectivity index (χ0n) is 29.4. The number of likely N-dealkylation sites (N-methyl/N-ethyl adjacent to an activating group) is 1. The number of alkyl halides is 3. The lowest BCUT2D eigenvalue weighted by Gasteiger charge is -2.39. The number of carbonyl (C=O) groups excluding carboxylic acids is 5. The largest absolute Gasteiger partial charge is 0.660 e. The highest BCUT2D eigenvalue weighted by Crippen LogP contribution is 2.27. The second-order valence-corrected chi connectivity index (χ2v) is 15.3. The van der Waals surface area contributed by atoms with Crippen LogP contribution < -0.4 is 21.3 Å². The van der Waals surface area contributed by atoms with Crippen LogP contribution in [-0.4, -0.2) is 118 Å². The van der Waals surface area contributed by atoms with Crippen LogP contribution in [0.3, 0.4) is 0 Å². The molecular weight excluding hydrogens is 671 g/mol. The molecule has 14 nitrogen and oxygen atoms in total. The van der Waals surface area contributed by atoms with Gasteiger partial charge in [-0.3, -0.25) is 23.7 Å². The topological polar surface area (TPSA) is 191 Å². The molecule has 282 valence electrons. The number of halogens is 3. The number of ketones is 1. The fourth-order valence-electron chi connectivity index (χ4n) is 4.95. The Bertz CT molecular complexity index is 1190. The highest BCUT2D eigenvalue weighted by Gasteiger charge is 2.43. The number of likely N-dealkylation sites (tertiary alicyclic amines) is 1. The maximum absolute atomic E-state index is 14.0. The predicted octanol–water partition coefficient (Wildman–Crippen LogP) is 2.64. The minimum Gasteiger partial charge on any atom is -0.660 e. The number of rotatable bonds is 18. The van der Waals surface area contributed by atoms with Crippen LogP contribution in [0.2, 0.25) is 0 Å². The molecule has 1 aliphatic heterocycles. The Labute approximate surface area is 289 Å². The number of hydrogen-bond donors (Lipinski definition) is 5. The summed E-state index contributed by atoms with van der Waals surface area (Å²) in [4.78, 5) is 67.1. The minimum atomic E-state index is -4.50. The molecule has 1 fully saturated rings. The van der Waals surface area contributed by atoms with Crippen LogP contribution in [0, 0.1) is 10.8 Å². The van der Waals surface area contributed by atoms with E-state index in [4.69, 9.17) is 4.55 Å². The van der Waals surface area contributed by atoms with E-state index in [-0.39, 0.29) is 39.1 Å². The zero-order chi connectivity index (χ0) is 37.7. The van der Waals surface area contributed by atoms with Crippen molar-refractivity contribution in [1.82, 2.24) is 30.5 Å². The third kappa shape index (κ3) is 15.6. The van der Waals surface area contributed by atoms with E-state index in [1.807, 2.05) is 20.8 Å². The van der Waals surface area contributed by atoms with Gasteiger partial charge in [-0.25, -0.2) is 13.3 Å². The number of Topliss-reactive ketones (excluding diaryl/α,β-unsaturated/α-hetero) is 1. The van der Waals surface area contributed by atoms with Gasteiger partial charge in [-0.2, -0.15) is 13.2 Å². The normalized spacial score (nSPS) is 17.9. The first-order chi connectivity index (χ1) is 22.5. The van der Waals surface area contributed by atoms with Crippen LogP contribution in [-0.2, 0) is 30.4 Å². The Balaban J connectivity index is 3.09. The van der Waals surface area contributed by atoms with Crippen molar-refractivity contribution in [3.63, 3.8) is 0 Å². The van der Waals surface area contributed by atoms with E-state index in [0.717, 1.165) is 0 Å². The molecule has 18 heteroatoms. The highest BCUT2D eigenvalue weighted by molar-refractivity contribution is 7.76. The van der Waals surface area contributed by atoms with E-state index in [1.165, 1.54) is 22.3 Å². The van der Waals surface area contributed by atoms with Crippen molar-refractivity contribution in [3.05, 3.63) is 18.0 Å². The van der Waals surface area contributed by atoms with Crippen LogP contribution in [0.4, 0.5) is 18.0 Å². The van der Waals surface area contributed by atoms with Gasteiger partial charge in [0.2, 0.25) is 28.9 Å². The van der Waals surface area contributed by atoms with E-state index in [0.29, 0.717) is 6.42 Å². The van der Waals surface area contributed by atoms with E-state index >= 15 is 0 Å². The molecule has 1 saturated heterocycles.